The first-order valence-corrected chi connectivity index (χ1v) is 6.84. The van der Waals surface area contributed by atoms with Gasteiger partial charge in [-0.3, -0.25) is 9.69 Å². The van der Waals surface area contributed by atoms with Crippen molar-refractivity contribution < 1.29 is 9.53 Å². The summed E-state index contributed by atoms with van der Waals surface area (Å²) < 4.78 is 4.87. The molecule has 1 heterocycles. The molecule has 1 amide bonds. The van der Waals surface area contributed by atoms with Crippen LogP contribution in [0.5, 0.6) is 0 Å². The number of rotatable bonds is 6. The first kappa shape index (κ1) is 15.4. The maximum Gasteiger partial charge on any atom is 0.239 e. The van der Waals surface area contributed by atoms with Crippen molar-refractivity contribution in [1.29, 1.82) is 0 Å². The molecule has 1 rings (SSSR count). The summed E-state index contributed by atoms with van der Waals surface area (Å²) in [6.45, 7) is 6.46. The maximum atomic E-state index is 11.7. The Bertz CT molecular complexity index is 261. The molecule has 106 valence electrons. The van der Waals surface area contributed by atoms with E-state index in [9.17, 15) is 4.79 Å². The number of hydrogen-bond acceptors (Lipinski definition) is 4. The second-order valence-corrected chi connectivity index (χ2v) is 5.24. The minimum atomic E-state index is -0.569. The number of nitrogens with two attached hydrogens (primary N) is 1. The Hall–Kier alpha value is -0.650. The van der Waals surface area contributed by atoms with Gasteiger partial charge in [-0.05, 0) is 33.2 Å². The van der Waals surface area contributed by atoms with Crippen LogP contribution in [0.1, 0.15) is 33.1 Å². The number of nitrogens with zero attached hydrogens (tertiary/aromatic N) is 1. The van der Waals surface area contributed by atoms with Gasteiger partial charge in [-0.15, -0.1) is 0 Å². The van der Waals surface area contributed by atoms with Gasteiger partial charge >= 0.3 is 0 Å². The van der Waals surface area contributed by atoms with Gasteiger partial charge in [-0.1, -0.05) is 6.42 Å². The predicted octanol–water partition coefficient (Wildman–Crippen LogP) is 0.339. The molecule has 0 aliphatic carbocycles. The van der Waals surface area contributed by atoms with Gasteiger partial charge in [-0.2, -0.15) is 0 Å². The van der Waals surface area contributed by atoms with Crippen LogP contribution in [0.3, 0.4) is 0 Å². The molecule has 3 unspecified atom stereocenters. The first-order chi connectivity index (χ1) is 8.56. The number of amides is 1. The van der Waals surface area contributed by atoms with E-state index in [0.29, 0.717) is 18.6 Å². The Labute approximate surface area is 110 Å². The Balaban J connectivity index is 2.31. The first-order valence-electron chi connectivity index (χ1n) is 6.84. The molecule has 0 aromatic heterocycles. The molecule has 0 bridgehead atoms. The molecule has 3 N–H and O–H groups in total. The highest BCUT2D eigenvalue weighted by Gasteiger charge is 2.23. The average molecular weight is 257 g/mol. The lowest BCUT2D eigenvalue weighted by Gasteiger charge is -2.38. The minimum Gasteiger partial charge on any atom is -0.383 e. The average Bonchev–Trinajstić information content (AvgIpc) is 2.36. The van der Waals surface area contributed by atoms with Crippen molar-refractivity contribution in [2.24, 2.45) is 5.73 Å². The fraction of sp³-hybridized carbons (Fsp3) is 0.923. The zero-order valence-electron chi connectivity index (χ0n) is 11.8. The molecule has 1 aliphatic rings. The lowest BCUT2D eigenvalue weighted by molar-refractivity contribution is -0.123. The third-order valence-corrected chi connectivity index (χ3v) is 3.68. The molecule has 0 saturated carbocycles. The lowest BCUT2D eigenvalue weighted by Crippen LogP contribution is -2.51. The van der Waals surface area contributed by atoms with Gasteiger partial charge in [0.05, 0.1) is 6.61 Å². The quantitative estimate of drug-likeness (QED) is 0.720. The van der Waals surface area contributed by atoms with Gasteiger partial charge in [-0.25, -0.2) is 0 Å². The molecule has 0 spiro atoms. The smallest absolute Gasteiger partial charge is 0.239 e. The SMILES string of the molecule is COCC(N)C(=O)NCC(C)N1CCCCC1C. The molecular formula is C13H27N3O2. The van der Waals surface area contributed by atoms with Crippen molar-refractivity contribution in [2.75, 3.05) is 26.8 Å². The summed E-state index contributed by atoms with van der Waals surface area (Å²) in [5.41, 5.74) is 5.67. The van der Waals surface area contributed by atoms with Gasteiger partial charge in [0.25, 0.3) is 0 Å². The summed E-state index contributed by atoms with van der Waals surface area (Å²) >= 11 is 0. The molecule has 1 saturated heterocycles. The van der Waals surface area contributed by atoms with Gasteiger partial charge in [0.15, 0.2) is 0 Å². The topological polar surface area (TPSA) is 67.6 Å². The molecule has 0 aromatic rings. The number of methoxy groups -OCH3 is 1. The molecule has 1 aliphatic heterocycles. The van der Waals surface area contributed by atoms with Crippen LogP contribution >= 0.6 is 0 Å². The third-order valence-electron chi connectivity index (χ3n) is 3.68. The van der Waals surface area contributed by atoms with Crippen LogP contribution in [0.4, 0.5) is 0 Å². The molecule has 3 atom stereocenters. The summed E-state index contributed by atoms with van der Waals surface area (Å²) in [7, 11) is 1.55. The van der Waals surface area contributed by atoms with Crippen LogP contribution in [0, 0.1) is 0 Å². The van der Waals surface area contributed by atoms with Crippen molar-refractivity contribution >= 4 is 5.91 Å². The van der Waals surface area contributed by atoms with E-state index in [4.69, 9.17) is 10.5 Å². The maximum absolute atomic E-state index is 11.7. The van der Waals surface area contributed by atoms with Crippen LogP contribution in [-0.2, 0) is 9.53 Å². The number of likely N-dealkylation sites (tertiary alicyclic amines) is 1. The molecular weight excluding hydrogens is 230 g/mol. The molecule has 5 heteroatoms. The monoisotopic (exact) mass is 257 g/mol. The van der Waals surface area contributed by atoms with Gasteiger partial charge in [0.2, 0.25) is 5.91 Å². The van der Waals surface area contributed by atoms with Gasteiger partial charge in [0, 0.05) is 25.7 Å². The van der Waals surface area contributed by atoms with E-state index in [-0.39, 0.29) is 12.5 Å². The van der Waals surface area contributed by atoms with Crippen LogP contribution in [-0.4, -0.2) is 55.7 Å². The highest BCUT2D eigenvalue weighted by Crippen LogP contribution is 2.18. The Morgan fingerprint density at radius 3 is 2.89 bits per heavy atom. The van der Waals surface area contributed by atoms with Crippen molar-refractivity contribution in [3.8, 4) is 0 Å². The van der Waals surface area contributed by atoms with Crippen LogP contribution < -0.4 is 11.1 Å². The van der Waals surface area contributed by atoms with Crippen molar-refractivity contribution in [1.82, 2.24) is 10.2 Å². The van der Waals surface area contributed by atoms with Crippen molar-refractivity contribution in [3.63, 3.8) is 0 Å². The van der Waals surface area contributed by atoms with E-state index in [2.05, 4.69) is 24.1 Å². The fourth-order valence-corrected chi connectivity index (χ4v) is 2.53. The number of piperidine rings is 1. The normalized spacial score (nSPS) is 24.6. The van der Waals surface area contributed by atoms with E-state index >= 15 is 0 Å². The van der Waals surface area contributed by atoms with Crippen LogP contribution in [0.25, 0.3) is 0 Å². The Kier molecular flexibility index (Phi) is 6.60. The third kappa shape index (κ3) is 4.55. The summed E-state index contributed by atoms with van der Waals surface area (Å²) in [5.74, 6) is -0.131. The van der Waals surface area contributed by atoms with Crippen molar-refractivity contribution in [3.05, 3.63) is 0 Å². The molecule has 0 radical (unpaired) electrons. The Morgan fingerprint density at radius 2 is 2.28 bits per heavy atom. The summed E-state index contributed by atoms with van der Waals surface area (Å²) in [4.78, 5) is 14.1. The minimum absolute atomic E-state index is 0.131. The number of carbonyl (C=O) groups is 1. The number of nitrogens with one attached hydrogen (secondary N) is 1. The summed E-state index contributed by atoms with van der Waals surface area (Å²) in [6, 6.07) is 0.401. The molecule has 1 fully saturated rings. The predicted molar refractivity (Wildman–Crippen MR) is 72.3 cm³/mol. The summed E-state index contributed by atoms with van der Waals surface area (Å²) in [6.07, 6.45) is 3.82. The fourth-order valence-electron chi connectivity index (χ4n) is 2.53. The number of ether oxygens (including phenoxy) is 1. The second-order valence-electron chi connectivity index (χ2n) is 5.24. The van der Waals surface area contributed by atoms with E-state index in [1.165, 1.54) is 19.3 Å². The highest BCUT2D eigenvalue weighted by atomic mass is 16.5. The number of carbonyl (C=O) groups excluding carboxylic acids is 1. The van der Waals surface area contributed by atoms with Crippen molar-refractivity contribution in [2.45, 2.75) is 51.2 Å². The van der Waals surface area contributed by atoms with E-state index in [0.717, 1.165) is 6.54 Å². The zero-order valence-corrected chi connectivity index (χ0v) is 11.8. The second kappa shape index (κ2) is 7.71. The van der Waals surface area contributed by atoms with Gasteiger partial charge < -0.3 is 15.8 Å². The molecule has 0 aromatic carbocycles. The van der Waals surface area contributed by atoms with Crippen LogP contribution in [0.15, 0.2) is 0 Å². The number of hydrogen-bond donors (Lipinski definition) is 2. The van der Waals surface area contributed by atoms with Crippen LogP contribution in [0.2, 0.25) is 0 Å². The largest absolute Gasteiger partial charge is 0.383 e. The zero-order chi connectivity index (χ0) is 13.5. The van der Waals surface area contributed by atoms with E-state index < -0.39 is 6.04 Å². The molecule has 5 nitrogen and oxygen atoms in total. The Morgan fingerprint density at radius 1 is 1.56 bits per heavy atom. The summed E-state index contributed by atoms with van der Waals surface area (Å²) in [5, 5.41) is 2.90. The highest BCUT2D eigenvalue weighted by molar-refractivity contribution is 5.81. The van der Waals surface area contributed by atoms with E-state index in [1.807, 2.05) is 0 Å². The lowest BCUT2D eigenvalue weighted by atomic mass is 10.0. The molecule has 18 heavy (non-hydrogen) atoms. The van der Waals surface area contributed by atoms with E-state index in [1.54, 1.807) is 7.11 Å². The van der Waals surface area contributed by atoms with Gasteiger partial charge in [0.1, 0.15) is 6.04 Å². The standard InChI is InChI=1S/C13H27N3O2/c1-10-6-4-5-7-16(10)11(2)8-15-13(17)12(14)9-18-3/h10-12H,4-9,14H2,1-3H3,(H,15,17).